The Morgan fingerprint density at radius 1 is 0.654 bits per heavy atom. The van der Waals surface area contributed by atoms with Gasteiger partial charge in [-0.3, -0.25) is 0 Å². The van der Waals surface area contributed by atoms with Crippen molar-refractivity contribution in [1.82, 2.24) is 4.57 Å². The third-order valence-corrected chi connectivity index (χ3v) is 6.01. The van der Waals surface area contributed by atoms with Crippen molar-refractivity contribution in [2.24, 2.45) is 0 Å². The highest BCUT2D eigenvalue weighted by molar-refractivity contribution is 6.08. The molecule has 0 spiro atoms. The maximum Gasteiger partial charge on any atom is 0.0496 e. The van der Waals surface area contributed by atoms with Crippen molar-refractivity contribution in [1.29, 1.82) is 0 Å². The van der Waals surface area contributed by atoms with Crippen molar-refractivity contribution in [2.75, 3.05) is 0 Å². The summed E-state index contributed by atoms with van der Waals surface area (Å²) in [6.45, 7) is 7.11. The van der Waals surface area contributed by atoms with E-state index in [4.69, 9.17) is 0 Å². The van der Waals surface area contributed by atoms with Crippen molar-refractivity contribution < 1.29 is 0 Å². The average Bonchev–Trinajstić information content (AvgIpc) is 3.01. The van der Waals surface area contributed by atoms with Crippen LogP contribution in [0.25, 0.3) is 21.8 Å². The summed E-state index contributed by atoms with van der Waals surface area (Å²) in [7, 11) is 0. The van der Waals surface area contributed by atoms with Crippen LogP contribution in [0.2, 0.25) is 0 Å². The van der Waals surface area contributed by atoms with Crippen LogP contribution in [-0.4, -0.2) is 4.57 Å². The normalized spacial score (nSPS) is 14.1. The van der Waals surface area contributed by atoms with E-state index < -0.39 is 0 Å². The molecule has 1 nitrogen and oxygen atoms in total. The quantitative estimate of drug-likeness (QED) is 0.326. The van der Waals surface area contributed by atoms with Crippen molar-refractivity contribution >= 4 is 21.8 Å². The molecule has 0 saturated heterocycles. The number of aromatic nitrogens is 1. The number of hydrogen-bond acceptors (Lipinski definition) is 0. The number of nitrogens with zero attached hydrogens (tertiary/aromatic N) is 1. The molecule has 1 heteroatoms. The molecule has 1 aromatic heterocycles. The molecule has 1 heterocycles. The zero-order chi connectivity index (χ0) is 18.4. The second-order valence-electron chi connectivity index (χ2n) is 8.13. The van der Waals surface area contributed by atoms with E-state index in [-0.39, 0.29) is 5.54 Å². The van der Waals surface area contributed by atoms with Gasteiger partial charge in [0.25, 0.3) is 0 Å². The minimum atomic E-state index is 0.200. The number of unbranched alkanes of at least 4 members (excludes halogenated alkanes) is 5. The fourth-order valence-electron chi connectivity index (χ4n) is 4.54. The smallest absolute Gasteiger partial charge is 0.0496 e. The van der Waals surface area contributed by atoms with E-state index in [9.17, 15) is 0 Å². The molecular weight excluding hydrogens is 314 g/mol. The molecule has 140 valence electrons. The lowest BCUT2D eigenvalue weighted by molar-refractivity contribution is 0.267. The van der Waals surface area contributed by atoms with E-state index in [2.05, 4.69) is 73.9 Å². The first-order chi connectivity index (χ1) is 12.7. The van der Waals surface area contributed by atoms with Gasteiger partial charge in [-0.05, 0) is 31.9 Å². The SMILES string of the molecule is CCCCCCC(C)(CCCCC)n1c2ccccc2c2ccccc21. The standard InChI is InChI=1S/C25H35N/c1-4-6-8-14-20-25(3,19-13-7-5-2)26-23-17-11-9-15-21(23)22-16-10-12-18-24(22)26/h9-12,15-18H,4-8,13-14,19-20H2,1-3H3. The lowest BCUT2D eigenvalue weighted by Gasteiger charge is -2.34. The van der Waals surface area contributed by atoms with Gasteiger partial charge in [0.05, 0.1) is 0 Å². The summed E-state index contributed by atoms with van der Waals surface area (Å²) in [5, 5.41) is 2.80. The summed E-state index contributed by atoms with van der Waals surface area (Å²) in [6, 6.07) is 18.0. The van der Waals surface area contributed by atoms with Crippen molar-refractivity contribution in [3.05, 3.63) is 48.5 Å². The summed E-state index contributed by atoms with van der Waals surface area (Å²) in [5.41, 5.74) is 3.01. The first kappa shape index (κ1) is 19.0. The van der Waals surface area contributed by atoms with Crippen molar-refractivity contribution in [3.8, 4) is 0 Å². The lowest BCUT2D eigenvalue weighted by Crippen LogP contribution is -2.30. The summed E-state index contributed by atoms with van der Waals surface area (Å²) in [4.78, 5) is 0. The van der Waals surface area contributed by atoms with Crippen LogP contribution >= 0.6 is 0 Å². The molecule has 0 bridgehead atoms. The minimum Gasteiger partial charge on any atom is -0.335 e. The van der Waals surface area contributed by atoms with Gasteiger partial charge < -0.3 is 4.57 Å². The van der Waals surface area contributed by atoms with Crippen LogP contribution in [0.5, 0.6) is 0 Å². The molecule has 3 rings (SSSR count). The summed E-state index contributed by atoms with van der Waals surface area (Å²) >= 11 is 0. The summed E-state index contributed by atoms with van der Waals surface area (Å²) in [6.07, 6.45) is 11.9. The zero-order valence-corrected chi connectivity index (χ0v) is 16.9. The third-order valence-electron chi connectivity index (χ3n) is 6.01. The van der Waals surface area contributed by atoms with Gasteiger partial charge in [0, 0.05) is 27.3 Å². The average molecular weight is 350 g/mol. The number of fused-ring (bicyclic) bond motifs is 3. The van der Waals surface area contributed by atoms with E-state index in [0.717, 1.165) is 0 Å². The minimum absolute atomic E-state index is 0.200. The molecule has 0 aliphatic rings. The highest BCUT2D eigenvalue weighted by Crippen LogP contribution is 2.39. The predicted octanol–water partition coefficient (Wildman–Crippen LogP) is 8.06. The fourth-order valence-corrected chi connectivity index (χ4v) is 4.54. The Morgan fingerprint density at radius 3 is 1.65 bits per heavy atom. The van der Waals surface area contributed by atoms with Crippen LogP contribution in [-0.2, 0) is 5.54 Å². The Morgan fingerprint density at radius 2 is 1.12 bits per heavy atom. The Labute approximate surface area is 159 Å². The lowest BCUT2D eigenvalue weighted by atomic mass is 9.87. The monoisotopic (exact) mass is 349 g/mol. The van der Waals surface area contributed by atoms with Crippen molar-refractivity contribution in [3.63, 3.8) is 0 Å². The Balaban J connectivity index is 2.06. The van der Waals surface area contributed by atoms with Gasteiger partial charge >= 0.3 is 0 Å². The predicted molar refractivity (Wildman–Crippen MR) is 116 cm³/mol. The van der Waals surface area contributed by atoms with E-state index in [1.807, 2.05) is 0 Å². The highest BCUT2D eigenvalue weighted by atomic mass is 15.1. The van der Waals surface area contributed by atoms with Gasteiger partial charge in [-0.25, -0.2) is 0 Å². The number of hydrogen-bond donors (Lipinski definition) is 0. The van der Waals surface area contributed by atoms with Crippen LogP contribution in [0.4, 0.5) is 0 Å². The molecule has 0 aliphatic carbocycles. The van der Waals surface area contributed by atoms with Crippen LogP contribution in [0.3, 0.4) is 0 Å². The summed E-state index contributed by atoms with van der Waals surface area (Å²) in [5.74, 6) is 0. The van der Waals surface area contributed by atoms with E-state index >= 15 is 0 Å². The molecule has 26 heavy (non-hydrogen) atoms. The maximum absolute atomic E-state index is 2.68. The first-order valence-corrected chi connectivity index (χ1v) is 10.7. The van der Waals surface area contributed by atoms with E-state index in [1.165, 1.54) is 79.6 Å². The second kappa shape index (κ2) is 8.75. The van der Waals surface area contributed by atoms with Crippen LogP contribution in [0.1, 0.15) is 78.6 Å². The van der Waals surface area contributed by atoms with Crippen LogP contribution in [0, 0.1) is 0 Å². The Bertz CT molecular complexity index is 775. The molecule has 0 saturated carbocycles. The molecule has 3 aromatic rings. The van der Waals surface area contributed by atoms with Gasteiger partial charge in [-0.15, -0.1) is 0 Å². The largest absolute Gasteiger partial charge is 0.335 e. The second-order valence-corrected chi connectivity index (χ2v) is 8.13. The van der Waals surface area contributed by atoms with Gasteiger partial charge in [-0.2, -0.15) is 0 Å². The van der Waals surface area contributed by atoms with Crippen LogP contribution in [0.15, 0.2) is 48.5 Å². The molecule has 0 fully saturated rings. The first-order valence-electron chi connectivity index (χ1n) is 10.7. The van der Waals surface area contributed by atoms with Crippen LogP contribution < -0.4 is 0 Å². The Hall–Kier alpha value is -1.76. The molecule has 1 unspecified atom stereocenters. The fraction of sp³-hybridized carbons (Fsp3) is 0.520. The number of benzene rings is 2. The third kappa shape index (κ3) is 3.82. The molecule has 0 amide bonds. The van der Waals surface area contributed by atoms with Crippen molar-refractivity contribution in [2.45, 2.75) is 84.1 Å². The molecule has 0 radical (unpaired) electrons. The molecule has 0 N–H and O–H groups in total. The van der Waals surface area contributed by atoms with E-state index in [0.29, 0.717) is 0 Å². The molecule has 2 aromatic carbocycles. The Kier molecular flexibility index (Phi) is 6.40. The zero-order valence-electron chi connectivity index (χ0n) is 16.9. The maximum atomic E-state index is 2.68. The molecule has 0 aliphatic heterocycles. The van der Waals surface area contributed by atoms with Gasteiger partial charge in [0.2, 0.25) is 0 Å². The number of rotatable bonds is 10. The summed E-state index contributed by atoms with van der Waals surface area (Å²) < 4.78 is 2.68. The van der Waals surface area contributed by atoms with Gasteiger partial charge in [-0.1, -0.05) is 95.2 Å². The van der Waals surface area contributed by atoms with Gasteiger partial charge in [0.1, 0.15) is 0 Å². The number of para-hydroxylation sites is 2. The van der Waals surface area contributed by atoms with Gasteiger partial charge in [0.15, 0.2) is 0 Å². The topological polar surface area (TPSA) is 4.93 Å². The molecule has 1 atom stereocenters. The highest BCUT2D eigenvalue weighted by Gasteiger charge is 2.28. The van der Waals surface area contributed by atoms with E-state index in [1.54, 1.807) is 0 Å². The molecular formula is C25H35N.